The minimum Gasteiger partial charge on any atom is -0.480 e. The topological polar surface area (TPSA) is 60.9 Å². The first-order valence-electron chi connectivity index (χ1n) is 9.47. The minimum absolute atomic E-state index is 0.0798. The van der Waals surface area contributed by atoms with Gasteiger partial charge in [-0.1, -0.05) is 13.8 Å². The zero-order valence-electron chi connectivity index (χ0n) is 15.6. The summed E-state index contributed by atoms with van der Waals surface area (Å²) in [4.78, 5) is 27.5. The lowest BCUT2D eigenvalue weighted by molar-refractivity contribution is -0.138. The van der Waals surface area contributed by atoms with E-state index >= 15 is 0 Å². The van der Waals surface area contributed by atoms with Crippen molar-refractivity contribution in [2.45, 2.75) is 71.3 Å². The van der Waals surface area contributed by atoms with E-state index in [9.17, 15) is 9.59 Å². The minimum atomic E-state index is -0.782. The Labute approximate surface area is 146 Å². The molecule has 0 bridgehead atoms. The van der Waals surface area contributed by atoms with E-state index in [1.165, 1.54) is 25.7 Å². The monoisotopic (exact) mass is 338 g/mol. The fourth-order valence-electron chi connectivity index (χ4n) is 4.15. The number of rotatable bonds is 5. The third kappa shape index (κ3) is 5.76. The van der Waals surface area contributed by atoms with Crippen LogP contribution in [-0.2, 0) is 9.59 Å². The van der Waals surface area contributed by atoms with Gasteiger partial charge in [0.2, 0.25) is 5.91 Å². The summed E-state index contributed by atoms with van der Waals surface area (Å²) in [6.45, 7) is 6.33. The molecule has 2 rings (SSSR count). The summed E-state index contributed by atoms with van der Waals surface area (Å²) < 4.78 is 0. The van der Waals surface area contributed by atoms with Crippen molar-refractivity contribution in [3.05, 3.63) is 0 Å². The molecule has 1 saturated carbocycles. The summed E-state index contributed by atoms with van der Waals surface area (Å²) >= 11 is 0. The van der Waals surface area contributed by atoms with Gasteiger partial charge in [-0.25, -0.2) is 0 Å². The zero-order chi connectivity index (χ0) is 17.7. The van der Waals surface area contributed by atoms with E-state index in [1.54, 1.807) is 0 Å². The maximum atomic E-state index is 12.7. The van der Waals surface area contributed by atoms with Crippen LogP contribution in [0.4, 0.5) is 0 Å². The number of hydrogen-bond acceptors (Lipinski definition) is 3. The molecule has 1 N–H and O–H groups in total. The van der Waals surface area contributed by atoms with E-state index in [2.05, 4.69) is 13.8 Å². The highest BCUT2D eigenvalue weighted by Gasteiger charge is 2.30. The Kier molecular flexibility index (Phi) is 6.67. The van der Waals surface area contributed by atoms with Gasteiger partial charge in [0.25, 0.3) is 0 Å². The fourth-order valence-corrected chi connectivity index (χ4v) is 4.15. The van der Waals surface area contributed by atoms with Crippen molar-refractivity contribution in [2.75, 3.05) is 26.7 Å². The highest BCUT2D eigenvalue weighted by Crippen LogP contribution is 2.39. The van der Waals surface area contributed by atoms with Crippen molar-refractivity contribution in [1.82, 2.24) is 9.80 Å². The quantitative estimate of drug-likeness (QED) is 0.837. The van der Waals surface area contributed by atoms with Crippen LogP contribution in [0.1, 0.15) is 65.2 Å². The van der Waals surface area contributed by atoms with Crippen LogP contribution in [0.25, 0.3) is 0 Å². The van der Waals surface area contributed by atoms with Crippen LogP contribution in [0.2, 0.25) is 0 Å². The third-order valence-corrected chi connectivity index (χ3v) is 5.98. The van der Waals surface area contributed by atoms with E-state index < -0.39 is 5.97 Å². The van der Waals surface area contributed by atoms with Gasteiger partial charge in [0, 0.05) is 25.6 Å². The number of likely N-dealkylation sites (tertiary alicyclic amines) is 1. The van der Waals surface area contributed by atoms with Crippen LogP contribution in [0, 0.1) is 11.3 Å². The maximum absolute atomic E-state index is 12.7. The highest BCUT2D eigenvalue weighted by atomic mass is 16.4. The molecule has 1 amide bonds. The second-order valence-electron chi connectivity index (χ2n) is 8.59. The van der Waals surface area contributed by atoms with Crippen molar-refractivity contribution in [1.29, 1.82) is 0 Å². The van der Waals surface area contributed by atoms with Crippen molar-refractivity contribution >= 4 is 11.9 Å². The summed E-state index contributed by atoms with van der Waals surface area (Å²) in [5, 5.41) is 8.94. The lowest BCUT2D eigenvalue weighted by Crippen LogP contribution is -2.38. The Morgan fingerprint density at radius 1 is 1.12 bits per heavy atom. The van der Waals surface area contributed by atoms with Crippen molar-refractivity contribution < 1.29 is 14.7 Å². The average molecular weight is 338 g/mol. The van der Waals surface area contributed by atoms with E-state index in [0.29, 0.717) is 23.7 Å². The number of carboxylic acids is 1. The molecule has 1 unspecified atom stereocenters. The molecule has 138 valence electrons. The van der Waals surface area contributed by atoms with Crippen LogP contribution in [0.15, 0.2) is 0 Å². The number of carboxylic acid groups (broad SMARTS) is 1. The molecule has 0 radical (unpaired) electrons. The Balaban J connectivity index is 1.78. The summed E-state index contributed by atoms with van der Waals surface area (Å²) in [6, 6.07) is 0.273. The molecule has 1 heterocycles. The number of nitrogens with zero attached hydrogens (tertiary/aromatic N) is 2. The molecule has 1 aliphatic heterocycles. The second-order valence-corrected chi connectivity index (χ2v) is 8.59. The molecular weight excluding hydrogens is 304 g/mol. The summed E-state index contributed by atoms with van der Waals surface area (Å²) in [5.41, 5.74) is 0.449. The van der Waals surface area contributed by atoms with Gasteiger partial charge in [-0.3, -0.25) is 14.5 Å². The zero-order valence-corrected chi connectivity index (χ0v) is 15.6. The predicted molar refractivity (Wildman–Crippen MR) is 94.8 cm³/mol. The molecule has 24 heavy (non-hydrogen) atoms. The number of likely N-dealkylation sites (N-methyl/N-ethyl adjacent to an activating group) is 1. The lowest BCUT2D eigenvalue weighted by Gasteiger charge is -2.35. The fraction of sp³-hybridized carbons (Fsp3) is 0.895. The summed E-state index contributed by atoms with van der Waals surface area (Å²) in [7, 11) is 1.88. The molecule has 1 atom stereocenters. The average Bonchev–Trinajstić information content (AvgIpc) is 2.75. The van der Waals surface area contributed by atoms with Gasteiger partial charge in [-0.15, -0.1) is 0 Å². The number of hydrogen-bond donors (Lipinski definition) is 1. The van der Waals surface area contributed by atoms with E-state index in [-0.39, 0.29) is 12.6 Å². The Morgan fingerprint density at radius 2 is 1.79 bits per heavy atom. The molecule has 0 aromatic rings. The number of carbonyl (C=O) groups excluding carboxylic acids is 1. The molecule has 2 aliphatic rings. The van der Waals surface area contributed by atoms with Gasteiger partial charge in [0.15, 0.2) is 0 Å². The first kappa shape index (κ1) is 19.2. The van der Waals surface area contributed by atoms with E-state index in [4.69, 9.17) is 5.11 Å². The van der Waals surface area contributed by atoms with E-state index in [1.807, 2.05) is 16.8 Å². The summed E-state index contributed by atoms with van der Waals surface area (Å²) in [5.74, 6) is 0.0791. The van der Waals surface area contributed by atoms with E-state index in [0.717, 1.165) is 32.4 Å². The molecule has 0 aromatic heterocycles. The highest BCUT2D eigenvalue weighted by molar-refractivity contribution is 5.76. The number of amides is 1. The van der Waals surface area contributed by atoms with Gasteiger partial charge in [0.05, 0.1) is 6.54 Å². The van der Waals surface area contributed by atoms with Gasteiger partial charge < -0.3 is 10.0 Å². The SMILES string of the molecule is CN(CC(=O)O)C1CCCN(C(=O)CC2CCC(C)(C)CC2)CC1. The van der Waals surface area contributed by atoms with Gasteiger partial charge in [-0.05, 0) is 63.3 Å². The normalized spacial score (nSPS) is 25.5. The van der Waals surface area contributed by atoms with Gasteiger partial charge in [-0.2, -0.15) is 0 Å². The molecule has 2 fully saturated rings. The number of carbonyl (C=O) groups is 2. The first-order valence-corrected chi connectivity index (χ1v) is 9.47. The standard InChI is InChI=1S/C19H34N2O3/c1-19(2)9-6-15(7-10-19)13-17(22)21-11-4-5-16(8-12-21)20(3)14-18(23)24/h15-16H,4-14H2,1-3H3,(H,23,24). The molecule has 0 spiro atoms. The molecule has 0 aromatic carbocycles. The maximum Gasteiger partial charge on any atom is 0.317 e. The van der Waals surface area contributed by atoms with Crippen LogP contribution >= 0.6 is 0 Å². The Bertz CT molecular complexity index is 440. The van der Waals surface area contributed by atoms with Crippen LogP contribution in [-0.4, -0.2) is 59.5 Å². The molecule has 5 nitrogen and oxygen atoms in total. The van der Waals surface area contributed by atoms with Crippen molar-refractivity contribution in [3.63, 3.8) is 0 Å². The Hall–Kier alpha value is -1.10. The molecule has 1 aliphatic carbocycles. The Morgan fingerprint density at radius 3 is 2.42 bits per heavy atom. The van der Waals surface area contributed by atoms with Crippen molar-refractivity contribution in [2.24, 2.45) is 11.3 Å². The largest absolute Gasteiger partial charge is 0.480 e. The molecule has 1 saturated heterocycles. The van der Waals surface area contributed by atoms with Crippen LogP contribution < -0.4 is 0 Å². The number of aliphatic carboxylic acids is 1. The lowest BCUT2D eigenvalue weighted by atomic mass is 9.72. The van der Waals surface area contributed by atoms with Crippen molar-refractivity contribution in [3.8, 4) is 0 Å². The molecule has 5 heteroatoms. The van der Waals surface area contributed by atoms with Crippen LogP contribution in [0.3, 0.4) is 0 Å². The first-order chi connectivity index (χ1) is 11.3. The van der Waals surface area contributed by atoms with Gasteiger partial charge >= 0.3 is 5.97 Å². The van der Waals surface area contributed by atoms with Crippen LogP contribution in [0.5, 0.6) is 0 Å². The third-order valence-electron chi connectivity index (χ3n) is 5.98. The predicted octanol–water partition coefficient (Wildman–Crippen LogP) is 2.99. The van der Waals surface area contributed by atoms with Gasteiger partial charge in [0.1, 0.15) is 0 Å². The summed E-state index contributed by atoms with van der Waals surface area (Å²) in [6.07, 6.45) is 8.34. The molecular formula is C19H34N2O3. The smallest absolute Gasteiger partial charge is 0.317 e. The second kappa shape index (κ2) is 8.32.